The van der Waals surface area contributed by atoms with Crippen molar-refractivity contribution in [3.63, 3.8) is 0 Å². The third-order valence-corrected chi connectivity index (χ3v) is 4.86. The van der Waals surface area contributed by atoms with Crippen LogP contribution < -0.4 is 10.2 Å². The van der Waals surface area contributed by atoms with E-state index in [-0.39, 0.29) is 17.9 Å². The van der Waals surface area contributed by atoms with E-state index in [0.717, 1.165) is 35.5 Å². The van der Waals surface area contributed by atoms with Gasteiger partial charge in [-0.05, 0) is 63.5 Å². The number of aryl methyl sites for hydroxylation is 2. The zero-order valence-electron chi connectivity index (χ0n) is 16.2. The highest BCUT2D eigenvalue weighted by Gasteiger charge is 2.25. The van der Waals surface area contributed by atoms with Gasteiger partial charge in [0.2, 0.25) is 5.91 Å². The van der Waals surface area contributed by atoms with Crippen molar-refractivity contribution in [2.45, 2.75) is 46.2 Å². The molecular weight excluding hydrogens is 340 g/mol. The van der Waals surface area contributed by atoms with Gasteiger partial charge < -0.3 is 10.2 Å². The lowest BCUT2D eigenvalue weighted by atomic mass is 9.95. The molecule has 1 aliphatic rings. The van der Waals surface area contributed by atoms with Gasteiger partial charge in [0.1, 0.15) is 0 Å². The first-order valence-electron chi connectivity index (χ1n) is 9.28. The van der Waals surface area contributed by atoms with Gasteiger partial charge in [0, 0.05) is 29.5 Å². The van der Waals surface area contributed by atoms with Crippen LogP contribution in [0.1, 0.15) is 40.7 Å². The number of aromatic nitrogens is 2. The largest absolute Gasteiger partial charge is 0.348 e. The maximum absolute atomic E-state index is 12.9. The molecule has 1 aromatic heterocycles. The maximum atomic E-state index is 12.9. The number of amides is 2. The second-order valence-corrected chi connectivity index (χ2v) is 7.08. The number of hydrogen-bond donors (Lipinski definition) is 1. The summed E-state index contributed by atoms with van der Waals surface area (Å²) in [7, 11) is 0. The van der Waals surface area contributed by atoms with Gasteiger partial charge in [-0.1, -0.05) is 12.6 Å². The van der Waals surface area contributed by atoms with Gasteiger partial charge in [0.15, 0.2) is 0 Å². The van der Waals surface area contributed by atoms with Crippen molar-refractivity contribution in [1.82, 2.24) is 15.1 Å². The summed E-state index contributed by atoms with van der Waals surface area (Å²) in [6.07, 6.45) is 2.93. The van der Waals surface area contributed by atoms with Crippen molar-refractivity contribution in [2.75, 3.05) is 11.4 Å². The fourth-order valence-corrected chi connectivity index (χ4v) is 3.64. The van der Waals surface area contributed by atoms with Crippen LogP contribution in [0.15, 0.2) is 36.9 Å². The minimum atomic E-state index is -0.133. The van der Waals surface area contributed by atoms with E-state index >= 15 is 0 Å². The van der Waals surface area contributed by atoms with Crippen LogP contribution in [0, 0.1) is 13.8 Å². The summed E-state index contributed by atoms with van der Waals surface area (Å²) in [5, 5.41) is 7.52. The summed E-state index contributed by atoms with van der Waals surface area (Å²) in [6, 6.07) is 7.50. The minimum absolute atomic E-state index is 0.0687. The molecule has 0 saturated heterocycles. The zero-order chi connectivity index (χ0) is 19.6. The van der Waals surface area contributed by atoms with Crippen molar-refractivity contribution >= 4 is 17.5 Å². The predicted octanol–water partition coefficient (Wildman–Crippen LogP) is 2.78. The average molecular weight is 366 g/mol. The molecular formula is C21H26N4O2. The van der Waals surface area contributed by atoms with Crippen molar-refractivity contribution in [3.8, 4) is 0 Å². The molecule has 6 heteroatoms. The summed E-state index contributed by atoms with van der Waals surface area (Å²) < 4.78 is 1.91. The molecule has 1 aromatic carbocycles. The fourth-order valence-electron chi connectivity index (χ4n) is 3.64. The molecule has 2 amide bonds. The third kappa shape index (κ3) is 3.94. The lowest BCUT2D eigenvalue weighted by Crippen LogP contribution is -2.38. The number of hydrogen-bond acceptors (Lipinski definition) is 3. The van der Waals surface area contributed by atoms with Crippen molar-refractivity contribution < 1.29 is 9.59 Å². The summed E-state index contributed by atoms with van der Waals surface area (Å²) in [5.41, 5.74) is 4.41. The van der Waals surface area contributed by atoms with Gasteiger partial charge in [0.05, 0.1) is 12.2 Å². The van der Waals surface area contributed by atoms with Crippen LogP contribution in [0.25, 0.3) is 0 Å². The Bertz CT molecular complexity index is 884. The Kier molecular flexibility index (Phi) is 5.44. The molecule has 2 aromatic rings. The maximum Gasteiger partial charge on any atom is 0.251 e. The molecule has 3 rings (SSSR count). The lowest BCUT2D eigenvalue weighted by molar-refractivity contribution is -0.114. The van der Waals surface area contributed by atoms with Crippen molar-refractivity contribution in [1.29, 1.82) is 0 Å². The van der Waals surface area contributed by atoms with Crippen LogP contribution in [0.4, 0.5) is 5.69 Å². The van der Waals surface area contributed by atoms with E-state index in [1.165, 1.54) is 6.08 Å². The highest BCUT2D eigenvalue weighted by molar-refractivity contribution is 6.04. The van der Waals surface area contributed by atoms with E-state index in [1.807, 2.05) is 49.7 Å². The second kappa shape index (κ2) is 7.78. The molecule has 0 fully saturated rings. The van der Waals surface area contributed by atoms with Crippen molar-refractivity contribution in [3.05, 3.63) is 59.4 Å². The van der Waals surface area contributed by atoms with Gasteiger partial charge in [-0.3, -0.25) is 14.3 Å². The van der Waals surface area contributed by atoms with Gasteiger partial charge >= 0.3 is 0 Å². The Morgan fingerprint density at radius 2 is 2.15 bits per heavy atom. The van der Waals surface area contributed by atoms with Gasteiger partial charge in [-0.25, -0.2) is 0 Å². The number of carbonyl (C=O) groups excluding carboxylic acids is 2. The number of rotatable bonds is 5. The number of nitrogens with one attached hydrogen (secondary N) is 1. The Morgan fingerprint density at radius 1 is 1.37 bits per heavy atom. The standard InChI is InChI=1S/C21H26N4O2/c1-5-20(26)24-11-7-9-17-18(8-6-10-19(17)24)21(27)22-15(3)13-25-16(4)12-14(2)23-25/h5-6,8,10,12,15H,1,7,9,11,13H2,2-4H3,(H,22,27). The molecule has 2 heterocycles. The smallest absolute Gasteiger partial charge is 0.251 e. The van der Waals surface area contributed by atoms with Crippen LogP contribution in [-0.4, -0.2) is 34.2 Å². The molecule has 1 N–H and O–H groups in total. The van der Waals surface area contributed by atoms with E-state index in [1.54, 1.807) is 4.90 Å². The first-order chi connectivity index (χ1) is 12.9. The molecule has 0 bridgehead atoms. The molecule has 6 nitrogen and oxygen atoms in total. The van der Waals surface area contributed by atoms with Crippen LogP contribution >= 0.6 is 0 Å². The van der Waals surface area contributed by atoms with Crippen LogP contribution in [0.3, 0.4) is 0 Å². The first-order valence-corrected chi connectivity index (χ1v) is 9.28. The number of benzene rings is 1. The summed E-state index contributed by atoms with van der Waals surface area (Å²) >= 11 is 0. The average Bonchev–Trinajstić information content (AvgIpc) is 2.96. The summed E-state index contributed by atoms with van der Waals surface area (Å²) in [6.45, 7) is 10.8. The van der Waals surface area contributed by atoms with E-state index in [0.29, 0.717) is 18.7 Å². The summed E-state index contributed by atoms with van der Waals surface area (Å²) in [5.74, 6) is -0.250. The summed E-state index contributed by atoms with van der Waals surface area (Å²) in [4.78, 5) is 26.7. The molecule has 1 atom stereocenters. The Labute approximate surface area is 159 Å². The molecule has 0 radical (unpaired) electrons. The van der Waals surface area contributed by atoms with Crippen LogP contribution in [0.5, 0.6) is 0 Å². The van der Waals surface area contributed by atoms with Gasteiger partial charge in [0.25, 0.3) is 5.91 Å². The van der Waals surface area contributed by atoms with E-state index in [2.05, 4.69) is 17.0 Å². The van der Waals surface area contributed by atoms with Gasteiger partial charge in [-0.2, -0.15) is 5.10 Å². The quantitative estimate of drug-likeness (QED) is 0.828. The Morgan fingerprint density at radius 3 is 2.81 bits per heavy atom. The molecule has 1 unspecified atom stereocenters. The van der Waals surface area contributed by atoms with E-state index in [9.17, 15) is 9.59 Å². The monoisotopic (exact) mass is 366 g/mol. The minimum Gasteiger partial charge on any atom is -0.348 e. The van der Waals surface area contributed by atoms with Crippen LogP contribution in [-0.2, 0) is 17.8 Å². The fraction of sp³-hybridized carbons (Fsp3) is 0.381. The number of nitrogens with zero attached hydrogens (tertiary/aromatic N) is 3. The zero-order valence-corrected chi connectivity index (χ0v) is 16.2. The molecule has 27 heavy (non-hydrogen) atoms. The van der Waals surface area contributed by atoms with Crippen molar-refractivity contribution in [2.24, 2.45) is 0 Å². The molecule has 0 spiro atoms. The predicted molar refractivity (Wildman–Crippen MR) is 106 cm³/mol. The molecule has 1 aliphatic heterocycles. The Hall–Kier alpha value is -2.89. The highest BCUT2D eigenvalue weighted by atomic mass is 16.2. The number of anilines is 1. The highest BCUT2D eigenvalue weighted by Crippen LogP contribution is 2.30. The number of fused-ring (bicyclic) bond motifs is 1. The SMILES string of the molecule is C=CC(=O)N1CCCc2c(C(=O)NC(C)Cn3nc(C)cc3C)cccc21. The lowest BCUT2D eigenvalue weighted by Gasteiger charge is -2.30. The first kappa shape index (κ1) is 18.9. The second-order valence-electron chi connectivity index (χ2n) is 7.08. The van der Waals surface area contributed by atoms with Gasteiger partial charge in [-0.15, -0.1) is 0 Å². The van der Waals surface area contributed by atoms with E-state index < -0.39 is 0 Å². The Balaban J connectivity index is 1.78. The molecule has 0 saturated carbocycles. The third-order valence-electron chi connectivity index (χ3n) is 4.86. The van der Waals surface area contributed by atoms with E-state index in [4.69, 9.17) is 0 Å². The normalized spacial score (nSPS) is 14.4. The molecule has 0 aliphatic carbocycles. The number of carbonyl (C=O) groups is 2. The molecule has 142 valence electrons. The topological polar surface area (TPSA) is 67.2 Å². The van der Waals surface area contributed by atoms with Crippen LogP contribution in [0.2, 0.25) is 0 Å².